The predicted octanol–water partition coefficient (Wildman–Crippen LogP) is 1.69. The Hall–Kier alpha value is -2.61. The molecule has 1 saturated heterocycles. The molecule has 1 aromatic heterocycles. The number of aromatic nitrogens is 2. The van der Waals surface area contributed by atoms with E-state index in [1.807, 2.05) is 19.9 Å². The topological polar surface area (TPSA) is 87.9 Å². The van der Waals surface area contributed by atoms with Gasteiger partial charge in [0.25, 0.3) is 0 Å². The predicted molar refractivity (Wildman–Crippen MR) is 83.6 cm³/mol. The van der Waals surface area contributed by atoms with Crippen molar-refractivity contribution in [2.24, 2.45) is 0 Å². The second-order valence-corrected chi connectivity index (χ2v) is 4.75. The molecule has 3 rings (SSSR count). The quantitative estimate of drug-likeness (QED) is 0.834. The molecule has 0 saturated carbocycles. The molecule has 2 bridgehead atoms. The van der Waals surface area contributed by atoms with Crippen LogP contribution in [0.5, 0.6) is 0 Å². The zero-order chi connectivity index (χ0) is 17.0. The maximum Gasteiger partial charge on any atom is 0.356 e. The van der Waals surface area contributed by atoms with Gasteiger partial charge in [-0.3, -0.25) is 4.84 Å². The lowest BCUT2D eigenvalue weighted by Gasteiger charge is -2.21. The van der Waals surface area contributed by atoms with Gasteiger partial charge in [0.2, 0.25) is 0 Å². The highest BCUT2D eigenvalue weighted by atomic mass is 16.7. The fourth-order valence-corrected chi connectivity index (χ4v) is 2.41. The van der Waals surface area contributed by atoms with E-state index < -0.39 is 5.97 Å². The summed E-state index contributed by atoms with van der Waals surface area (Å²) in [5.41, 5.74) is 0.715. The van der Waals surface area contributed by atoms with Gasteiger partial charge in [0.15, 0.2) is 5.69 Å². The van der Waals surface area contributed by atoms with Gasteiger partial charge in [0, 0.05) is 12.7 Å². The highest BCUT2D eigenvalue weighted by Crippen LogP contribution is 2.26. The SMILES string of the molecule is C=CCON1C(=O)N2CC(n3ccc(C(=O)O)n3)=CC1C2.CC. The molecule has 1 aromatic rings. The molecule has 8 heteroatoms. The normalized spacial score (nSPS) is 19.1. The smallest absolute Gasteiger partial charge is 0.356 e. The number of amides is 2. The van der Waals surface area contributed by atoms with E-state index in [-0.39, 0.29) is 24.4 Å². The molecule has 1 fully saturated rings. The number of carbonyl (C=O) groups excluding carboxylic acids is 1. The molecule has 1 atom stereocenters. The van der Waals surface area contributed by atoms with Crippen molar-refractivity contribution in [3.63, 3.8) is 0 Å². The van der Waals surface area contributed by atoms with Crippen molar-refractivity contribution in [2.45, 2.75) is 19.9 Å². The molecule has 1 N–H and O–H groups in total. The summed E-state index contributed by atoms with van der Waals surface area (Å²) in [6.45, 7) is 8.72. The molecular weight excluding hydrogens is 300 g/mol. The lowest BCUT2D eigenvalue weighted by molar-refractivity contribution is -0.107. The number of hydrogen-bond donors (Lipinski definition) is 1. The first kappa shape index (κ1) is 16.8. The van der Waals surface area contributed by atoms with E-state index in [1.54, 1.807) is 17.2 Å². The van der Waals surface area contributed by atoms with Crippen molar-refractivity contribution in [3.05, 3.63) is 36.7 Å². The second-order valence-electron chi connectivity index (χ2n) is 4.75. The number of hydrogen-bond acceptors (Lipinski definition) is 4. The number of carboxylic acids is 1. The zero-order valence-corrected chi connectivity index (χ0v) is 13.2. The Labute approximate surface area is 134 Å². The summed E-state index contributed by atoms with van der Waals surface area (Å²) >= 11 is 0. The third kappa shape index (κ3) is 3.26. The van der Waals surface area contributed by atoms with Gasteiger partial charge in [0.05, 0.1) is 24.9 Å². The van der Waals surface area contributed by atoms with Crippen molar-refractivity contribution < 1.29 is 19.5 Å². The molecule has 0 radical (unpaired) electrons. The highest BCUT2D eigenvalue weighted by Gasteiger charge is 2.41. The largest absolute Gasteiger partial charge is 0.476 e. The standard InChI is InChI=1S/C13H14N4O4.C2H6/c1-2-5-21-17-10-6-9(7-15(8-10)13(17)20)16-4-3-11(14-16)12(18)19;1-2/h2-4,6,10H,1,5,7-8H2,(H,18,19);1-2H3. The first-order chi connectivity index (χ1) is 11.1. The summed E-state index contributed by atoms with van der Waals surface area (Å²) < 4.78 is 1.48. The van der Waals surface area contributed by atoms with Gasteiger partial charge in [-0.05, 0) is 12.1 Å². The van der Waals surface area contributed by atoms with Gasteiger partial charge in [-0.1, -0.05) is 19.9 Å². The maximum absolute atomic E-state index is 12.1. The number of carbonyl (C=O) groups is 2. The average molecular weight is 320 g/mol. The van der Waals surface area contributed by atoms with Crippen LogP contribution in [0.4, 0.5) is 4.79 Å². The van der Waals surface area contributed by atoms with Crippen molar-refractivity contribution in [1.82, 2.24) is 19.7 Å². The number of fused-ring (bicyclic) bond motifs is 2. The third-order valence-corrected chi connectivity index (χ3v) is 3.34. The van der Waals surface area contributed by atoms with Gasteiger partial charge in [-0.2, -0.15) is 10.2 Å². The Morgan fingerprint density at radius 2 is 2.30 bits per heavy atom. The molecule has 0 spiro atoms. The first-order valence-corrected chi connectivity index (χ1v) is 7.42. The van der Waals surface area contributed by atoms with E-state index in [9.17, 15) is 9.59 Å². The lowest BCUT2D eigenvalue weighted by Crippen LogP contribution is -2.33. The van der Waals surface area contributed by atoms with Crippen LogP contribution in [0.25, 0.3) is 5.70 Å². The van der Waals surface area contributed by atoms with E-state index in [0.717, 1.165) is 5.70 Å². The summed E-state index contributed by atoms with van der Waals surface area (Å²) in [6, 6.07) is 1.00. The van der Waals surface area contributed by atoms with Crippen molar-refractivity contribution >= 4 is 17.7 Å². The van der Waals surface area contributed by atoms with E-state index in [2.05, 4.69) is 11.7 Å². The highest BCUT2D eigenvalue weighted by molar-refractivity contribution is 5.85. The zero-order valence-electron chi connectivity index (χ0n) is 13.2. The van der Waals surface area contributed by atoms with E-state index in [0.29, 0.717) is 13.1 Å². The maximum atomic E-state index is 12.1. The fourth-order valence-electron chi connectivity index (χ4n) is 2.41. The molecule has 0 aromatic carbocycles. The summed E-state index contributed by atoms with van der Waals surface area (Å²) in [5.74, 6) is -1.08. The molecule has 1 unspecified atom stereocenters. The molecule has 23 heavy (non-hydrogen) atoms. The van der Waals surface area contributed by atoms with Crippen LogP contribution in [0.1, 0.15) is 24.3 Å². The fraction of sp³-hybridized carbons (Fsp3) is 0.400. The van der Waals surface area contributed by atoms with Gasteiger partial charge in [-0.15, -0.1) is 6.58 Å². The lowest BCUT2D eigenvalue weighted by atomic mass is 10.2. The van der Waals surface area contributed by atoms with E-state index >= 15 is 0 Å². The van der Waals surface area contributed by atoms with Crippen molar-refractivity contribution in [3.8, 4) is 0 Å². The van der Waals surface area contributed by atoms with Gasteiger partial charge in [0.1, 0.15) is 0 Å². The Morgan fingerprint density at radius 3 is 2.91 bits per heavy atom. The Morgan fingerprint density at radius 1 is 1.57 bits per heavy atom. The number of hydroxylamine groups is 2. The Kier molecular flexibility index (Phi) is 5.17. The number of nitrogens with zero attached hydrogens (tertiary/aromatic N) is 4. The minimum Gasteiger partial charge on any atom is -0.476 e. The Balaban J connectivity index is 0.000000924. The molecule has 2 aliphatic rings. The summed E-state index contributed by atoms with van der Waals surface area (Å²) in [7, 11) is 0. The van der Waals surface area contributed by atoms with Crippen molar-refractivity contribution in [1.29, 1.82) is 0 Å². The summed E-state index contributed by atoms with van der Waals surface area (Å²) in [5, 5.41) is 14.2. The number of aromatic carboxylic acids is 1. The summed E-state index contributed by atoms with van der Waals surface area (Å²) in [6.07, 6.45) is 5.01. The molecule has 2 amide bonds. The van der Waals surface area contributed by atoms with Crippen LogP contribution in [0, 0.1) is 0 Å². The van der Waals surface area contributed by atoms with E-state index in [1.165, 1.54) is 15.8 Å². The van der Waals surface area contributed by atoms with Crippen LogP contribution in [-0.4, -0.2) is 62.6 Å². The van der Waals surface area contributed by atoms with Crippen LogP contribution < -0.4 is 0 Å². The van der Waals surface area contributed by atoms with Crippen LogP contribution in [-0.2, 0) is 4.84 Å². The molecule has 3 heterocycles. The van der Waals surface area contributed by atoms with Crippen LogP contribution in [0.2, 0.25) is 0 Å². The average Bonchev–Trinajstić information content (AvgIpc) is 3.13. The van der Waals surface area contributed by atoms with Crippen molar-refractivity contribution in [2.75, 3.05) is 19.7 Å². The summed E-state index contributed by atoms with van der Waals surface area (Å²) in [4.78, 5) is 30.0. The molecule has 0 aliphatic carbocycles. The minimum atomic E-state index is -1.08. The first-order valence-electron chi connectivity index (χ1n) is 7.42. The number of carboxylic acid groups (broad SMARTS) is 1. The number of rotatable bonds is 5. The number of urea groups is 1. The molecule has 8 nitrogen and oxygen atoms in total. The van der Waals surface area contributed by atoms with Gasteiger partial charge >= 0.3 is 12.0 Å². The monoisotopic (exact) mass is 320 g/mol. The van der Waals surface area contributed by atoms with Gasteiger partial charge in [-0.25, -0.2) is 14.3 Å². The Bertz CT molecular complexity index is 637. The molecule has 124 valence electrons. The van der Waals surface area contributed by atoms with E-state index in [4.69, 9.17) is 9.94 Å². The van der Waals surface area contributed by atoms with Crippen LogP contribution >= 0.6 is 0 Å². The van der Waals surface area contributed by atoms with Gasteiger partial charge < -0.3 is 10.0 Å². The second kappa shape index (κ2) is 7.10. The minimum absolute atomic E-state index is 0.0325. The molecular formula is C15H20N4O4. The van der Waals surface area contributed by atoms with Crippen LogP contribution in [0.3, 0.4) is 0 Å². The van der Waals surface area contributed by atoms with Crippen LogP contribution in [0.15, 0.2) is 31.0 Å². The third-order valence-electron chi connectivity index (χ3n) is 3.34. The molecule has 2 aliphatic heterocycles.